The first-order valence-corrected chi connectivity index (χ1v) is 6.71. The Morgan fingerprint density at radius 3 is 2.85 bits per heavy atom. The Kier molecular flexibility index (Phi) is 4.50. The molecule has 0 fully saturated rings. The number of amides is 1. The smallest absolute Gasteiger partial charge is 0.227 e. The Morgan fingerprint density at radius 1 is 1.40 bits per heavy atom. The van der Waals surface area contributed by atoms with Crippen LogP contribution in [0.3, 0.4) is 0 Å². The zero-order valence-electron chi connectivity index (χ0n) is 12.2. The van der Waals surface area contributed by atoms with E-state index in [0.717, 1.165) is 11.3 Å². The van der Waals surface area contributed by atoms with Crippen LogP contribution < -0.4 is 0 Å². The molecule has 1 atom stereocenters. The number of rotatable bonds is 5. The van der Waals surface area contributed by atoms with Crippen molar-refractivity contribution in [1.82, 2.24) is 19.7 Å². The maximum atomic E-state index is 12.3. The van der Waals surface area contributed by atoms with Crippen molar-refractivity contribution in [3.8, 4) is 0 Å². The molecule has 0 saturated heterocycles. The summed E-state index contributed by atoms with van der Waals surface area (Å²) in [5.41, 5.74) is 2.04. The summed E-state index contributed by atoms with van der Waals surface area (Å²) < 4.78 is 1.78. The molecule has 0 spiro atoms. The van der Waals surface area contributed by atoms with Gasteiger partial charge in [-0.25, -0.2) is 0 Å². The van der Waals surface area contributed by atoms with Gasteiger partial charge in [0.2, 0.25) is 5.91 Å². The highest BCUT2D eigenvalue weighted by Crippen LogP contribution is 2.10. The van der Waals surface area contributed by atoms with Gasteiger partial charge in [-0.2, -0.15) is 5.10 Å². The van der Waals surface area contributed by atoms with E-state index in [0.29, 0.717) is 13.1 Å². The molecule has 2 aromatic rings. The van der Waals surface area contributed by atoms with Gasteiger partial charge in [0.25, 0.3) is 0 Å². The van der Waals surface area contributed by atoms with Gasteiger partial charge in [-0.1, -0.05) is 13.0 Å². The monoisotopic (exact) mass is 272 g/mol. The highest BCUT2D eigenvalue weighted by atomic mass is 16.2. The third-order valence-corrected chi connectivity index (χ3v) is 3.32. The number of hydrogen-bond acceptors (Lipinski definition) is 3. The van der Waals surface area contributed by atoms with Crippen molar-refractivity contribution in [1.29, 1.82) is 0 Å². The second-order valence-electron chi connectivity index (χ2n) is 5.09. The maximum Gasteiger partial charge on any atom is 0.227 e. The summed E-state index contributed by atoms with van der Waals surface area (Å²) in [7, 11) is 1.82. The fourth-order valence-corrected chi connectivity index (χ4v) is 2.13. The number of carbonyl (C=O) groups excluding carboxylic acids is 1. The number of aryl methyl sites for hydroxylation is 1. The predicted molar refractivity (Wildman–Crippen MR) is 76.8 cm³/mol. The van der Waals surface area contributed by atoms with Crippen molar-refractivity contribution < 1.29 is 4.79 Å². The van der Waals surface area contributed by atoms with Crippen LogP contribution in [-0.2, 0) is 17.9 Å². The van der Waals surface area contributed by atoms with Gasteiger partial charge in [-0.3, -0.25) is 14.5 Å². The first kappa shape index (κ1) is 14.2. The zero-order valence-corrected chi connectivity index (χ0v) is 12.2. The van der Waals surface area contributed by atoms with Gasteiger partial charge in [0, 0.05) is 25.6 Å². The summed E-state index contributed by atoms with van der Waals surface area (Å²) in [5.74, 6) is -0.00512. The molecule has 0 aliphatic carbocycles. The molecule has 5 nitrogen and oxygen atoms in total. The fraction of sp³-hybridized carbons (Fsp3) is 0.400. The molecule has 0 N–H and O–H groups in total. The van der Waals surface area contributed by atoms with E-state index < -0.39 is 0 Å². The van der Waals surface area contributed by atoms with Gasteiger partial charge in [0.05, 0.1) is 24.7 Å². The highest BCUT2D eigenvalue weighted by molar-refractivity contribution is 5.78. The summed E-state index contributed by atoms with van der Waals surface area (Å²) in [6.45, 7) is 5.06. The molecule has 0 bridgehead atoms. The largest absolute Gasteiger partial charge is 0.340 e. The van der Waals surface area contributed by atoms with Crippen molar-refractivity contribution >= 4 is 5.91 Å². The van der Waals surface area contributed by atoms with E-state index in [2.05, 4.69) is 10.1 Å². The lowest BCUT2D eigenvalue weighted by Gasteiger charge is -2.21. The van der Waals surface area contributed by atoms with Crippen molar-refractivity contribution in [3.05, 3.63) is 48.0 Å². The molecule has 1 amide bonds. The average Bonchev–Trinajstić information content (AvgIpc) is 2.93. The fourth-order valence-electron chi connectivity index (χ4n) is 2.13. The molecular formula is C15H20N4O. The van der Waals surface area contributed by atoms with Crippen LogP contribution >= 0.6 is 0 Å². The Hall–Kier alpha value is -2.17. The van der Waals surface area contributed by atoms with Crippen LogP contribution in [0.1, 0.15) is 18.2 Å². The van der Waals surface area contributed by atoms with Gasteiger partial charge in [-0.05, 0) is 24.6 Å². The number of hydrogen-bond donors (Lipinski definition) is 0. The first-order valence-electron chi connectivity index (χ1n) is 6.71. The zero-order chi connectivity index (χ0) is 14.5. The lowest BCUT2D eigenvalue weighted by Crippen LogP contribution is -2.33. The third-order valence-electron chi connectivity index (χ3n) is 3.32. The Balaban J connectivity index is 1.96. The van der Waals surface area contributed by atoms with E-state index in [9.17, 15) is 4.79 Å². The SMILES string of the molecule is Cc1cccnc1CN(C)C(=O)C(C)Cn1cccn1. The normalized spacial score (nSPS) is 12.2. The number of nitrogens with zero attached hydrogens (tertiary/aromatic N) is 4. The second-order valence-corrected chi connectivity index (χ2v) is 5.09. The number of aromatic nitrogens is 3. The van der Waals surface area contributed by atoms with Crippen molar-refractivity contribution in [3.63, 3.8) is 0 Å². The molecule has 5 heteroatoms. The second kappa shape index (κ2) is 6.32. The van der Waals surface area contributed by atoms with Crippen LogP contribution in [0.2, 0.25) is 0 Å². The summed E-state index contributed by atoms with van der Waals surface area (Å²) in [4.78, 5) is 18.4. The quantitative estimate of drug-likeness (QED) is 0.835. The van der Waals surface area contributed by atoms with E-state index in [1.807, 2.05) is 45.3 Å². The van der Waals surface area contributed by atoms with E-state index >= 15 is 0 Å². The minimum atomic E-state index is -0.107. The number of pyridine rings is 1. The molecule has 2 aromatic heterocycles. The summed E-state index contributed by atoms with van der Waals surface area (Å²) in [6.07, 6.45) is 5.35. The Morgan fingerprint density at radius 2 is 2.20 bits per heavy atom. The number of carbonyl (C=O) groups is 1. The molecule has 20 heavy (non-hydrogen) atoms. The molecule has 106 valence electrons. The minimum absolute atomic E-state index is 0.102. The van der Waals surface area contributed by atoms with Crippen molar-refractivity contribution in [2.75, 3.05) is 7.05 Å². The lowest BCUT2D eigenvalue weighted by molar-refractivity contribution is -0.134. The lowest BCUT2D eigenvalue weighted by atomic mass is 10.1. The van der Waals surface area contributed by atoms with Crippen molar-refractivity contribution in [2.24, 2.45) is 5.92 Å². The molecule has 0 aliphatic rings. The van der Waals surface area contributed by atoms with Gasteiger partial charge < -0.3 is 4.90 Å². The first-order chi connectivity index (χ1) is 9.58. The third kappa shape index (κ3) is 3.44. The Bertz CT molecular complexity index is 565. The van der Waals surface area contributed by atoms with Crippen LogP contribution in [0.25, 0.3) is 0 Å². The maximum absolute atomic E-state index is 12.3. The van der Waals surface area contributed by atoms with Gasteiger partial charge in [0.1, 0.15) is 0 Å². The van der Waals surface area contributed by atoms with E-state index in [1.165, 1.54) is 0 Å². The van der Waals surface area contributed by atoms with E-state index in [-0.39, 0.29) is 11.8 Å². The molecule has 0 aromatic carbocycles. The van der Waals surface area contributed by atoms with Crippen LogP contribution in [-0.4, -0.2) is 32.6 Å². The van der Waals surface area contributed by atoms with E-state index in [4.69, 9.17) is 0 Å². The van der Waals surface area contributed by atoms with Gasteiger partial charge >= 0.3 is 0 Å². The highest BCUT2D eigenvalue weighted by Gasteiger charge is 2.19. The van der Waals surface area contributed by atoms with Crippen LogP contribution in [0.4, 0.5) is 0 Å². The molecule has 0 saturated carbocycles. The molecule has 1 unspecified atom stereocenters. The molecule has 2 heterocycles. The molecular weight excluding hydrogens is 252 g/mol. The molecule has 2 rings (SSSR count). The van der Waals surface area contributed by atoms with Crippen molar-refractivity contribution in [2.45, 2.75) is 26.9 Å². The molecule has 0 radical (unpaired) electrons. The Labute approximate surface area is 119 Å². The predicted octanol–water partition coefficient (Wildman–Crippen LogP) is 1.88. The standard InChI is InChI=1S/C15H20N4O/c1-12-6-4-7-16-14(12)11-18(3)15(20)13(2)10-19-9-5-8-17-19/h4-9,13H,10-11H2,1-3H3. The minimum Gasteiger partial charge on any atom is -0.340 e. The van der Waals surface area contributed by atoms with Gasteiger partial charge in [0.15, 0.2) is 0 Å². The summed E-state index contributed by atoms with van der Waals surface area (Å²) in [5, 5.41) is 4.13. The summed E-state index contributed by atoms with van der Waals surface area (Å²) >= 11 is 0. The molecule has 0 aliphatic heterocycles. The van der Waals surface area contributed by atoms with Gasteiger partial charge in [-0.15, -0.1) is 0 Å². The van der Waals surface area contributed by atoms with Crippen LogP contribution in [0.15, 0.2) is 36.8 Å². The topological polar surface area (TPSA) is 51.0 Å². The van der Waals surface area contributed by atoms with E-state index in [1.54, 1.807) is 22.0 Å². The summed E-state index contributed by atoms with van der Waals surface area (Å²) in [6, 6.07) is 5.77. The van der Waals surface area contributed by atoms with Crippen LogP contribution in [0.5, 0.6) is 0 Å². The van der Waals surface area contributed by atoms with Crippen LogP contribution in [0, 0.1) is 12.8 Å². The average molecular weight is 272 g/mol.